The van der Waals surface area contributed by atoms with E-state index in [0.717, 1.165) is 37.1 Å². The molecule has 2 aromatic rings. The van der Waals surface area contributed by atoms with Crippen LogP contribution in [-0.2, 0) is 0 Å². The zero-order chi connectivity index (χ0) is 22.1. The number of halogens is 1. The molecule has 0 aliphatic carbocycles. The normalized spacial score (nSPS) is 13.6. The van der Waals surface area contributed by atoms with Gasteiger partial charge >= 0.3 is 0 Å². The summed E-state index contributed by atoms with van der Waals surface area (Å²) in [6, 6.07) is 4.65. The average molecular weight is 414 g/mol. The number of allylic oxidation sites excluding steroid dienone is 1. The molecule has 1 fully saturated rings. The summed E-state index contributed by atoms with van der Waals surface area (Å²) >= 11 is 0. The summed E-state index contributed by atoms with van der Waals surface area (Å²) in [5.41, 5.74) is 2.86. The van der Waals surface area contributed by atoms with Gasteiger partial charge in [0.05, 0.1) is 12.7 Å². The van der Waals surface area contributed by atoms with Gasteiger partial charge in [0.1, 0.15) is 5.82 Å². The van der Waals surface area contributed by atoms with Gasteiger partial charge in [-0.05, 0) is 50.8 Å². The van der Waals surface area contributed by atoms with Crippen LogP contribution in [0.2, 0.25) is 0 Å². The number of carbonyl (C=O) groups is 1. The van der Waals surface area contributed by atoms with Crippen LogP contribution in [0.25, 0.3) is 6.08 Å². The molecule has 30 heavy (non-hydrogen) atoms. The van der Waals surface area contributed by atoms with Gasteiger partial charge in [0.15, 0.2) is 11.6 Å². The Bertz CT molecular complexity index is 890. The predicted octanol–water partition coefficient (Wildman–Crippen LogP) is 5.97. The van der Waals surface area contributed by atoms with Gasteiger partial charge in [0.25, 0.3) is 5.91 Å². The Hall–Kier alpha value is -2.89. The van der Waals surface area contributed by atoms with Gasteiger partial charge < -0.3 is 15.0 Å². The Balaban J connectivity index is 0.00000155. The monoisotopic (exact) mass is 413 g/mol. The van der Waals surface area contributed by atoms with Crippen LogP contribution < -0.4 is 10.1 Å². The summed E-state index contributed by atoms with van der Waals surface area (Å²) in [6.45, 7) is 9.42. The van der Waals surface area contributed by atoms with Gasteiger partial charge in [-0.2, -0.15) is 0 Å². The number of piperidine rings is 1. The molecular weight excluding hydrogens is 381 g/mol. The van der Waals surface area contributed by atoms with E-state index in [1.165, 1.54) is 19.6 Å². The van der Waals surface area contributed by atoms with Crippen molar-refractivity contribution < 1.29 is 13.9 Å². The van der Waals surface area contributed by atoms with E-state index in [0.29, 0.717) is 17.1 Å². The number of amides is 1. The van der Waals surface area contributed by atoms with Gasteiger partial charge in [-0.25, -0.2) is 9.37 Å². The third-order valence-electron chi connectivity index (χ3n) is 5.01. The lowest BCUT2D eigenvalue weighted by Gasteiger charge is -2.27. The lowest BCUT2D eigenvalue weighted by atomic mass is 10.0. The third kappa shape index (κ3) is 5.38. The van der Waals surface area contributed by atoms with Crippen molar-refractivity contribution in [3.63, 3.8) is 0 Å². The highest BCUT2D eigenvalue weighted by molar-refractivity contribution is 5.97. The second-order valence-corrected chi connectivity index (χ2v) is 6.89. The lowest BCUT2D eigenvalue weighted by molar-refractivity contribution is 0.0723. The summed E-state index contributed by atoms with van der Waals surface area (Å²) in [5, 5.41) is 3.15. The fourth-order valence-corrected chi connectivity index (χ4v) is 3.45. The third-order valence-corrected chi connectivity index (χ3v) is 5.01. The van der Waals surface area contributed by atoms with Crippen molar-refractivity contribution in [2.24, 2.45) is 0 Å². The van der Waals surface area contributed by atoms with E-state index in [4.69, 9.17) is 4.74 Å². The van der Waals surface area contributed by atoms with Crippen molar-refractivity contribution >= 4 is 23.5 Å². The zero-order valence-corrected chi connectivity index (χ0v) is 18.6. The van der Waals surface area contributed by atoms with E-state index in [9.17, 15) is 9.18 Å². The number of methoxy groups -OCH3 is 1. The summed E-state index contributed by atoms with van der Waals surface area (Å²) < 4.78 is 19.0. The van der Waals surface area contributed by atoms with Crippen molar-refractivity contribution in [2.75, 3.05) is 25.5 Å². The number of hydrogen-bond acceptors (Lipinski definition) is 4. The standard InChI is InChI=1S/C22H26FN3O2.C2H6/c1-4-8-17-15(2)18(22(27)26-11-6-5-7-12-26)14-24-21(17)25-16-9-10-20(28-3)19(23)13-16;1-2/h4,8-10,13-14H,5-7,11-12H2,1-3H3,(H,24,25);1-2H3/b8-4-;. The number of pyridine rings is 1. The second kappa shape index (κ2) is 11.3. The molecular formula is C24H32FN3O2. The molecule has 1 amide bonds. The average Bonchev–Trinajstić information content (AvgIpc) is 2.78. The highest BCUT2D eigenvalue weighted by atomic mass is 19.1. The lowest BCUT2D eigenvalue weighted by Crippen LogP contribution is -2.36. The fraction of sp³-hybridized carbons (Fsp3) is 0.417. The van der Waals surface area contributed by atoms with Gasteiger partial charge in [0.2, 0.25) is 0 Å². The molecule has 0 unspecified atom stereocenters. The van der Waals surface area contributed by atoms with Gasteiger partial charge in [0, 0.05) is 36.6 Å². The van der Waals surface area contributed by atoms with Crippen LogP contribution in [0.1, 0.15) is 61.5 Å². The second-order valence-electron chi connectivity index (χ2n) is 6.89. The van der Waals surface area contributed by atoms with Crippen LogP contribution in [0.15, 0.2) is 30.5 Å². The SMILES string of the molecule is C/C=C\c1c(Nc2ccc(OC)c(F)c2)ncc(C(=O)N2CCCCC2)c1C.CC. The molecule has 0 spiro atoms. The van der Waals surface area contributed by atoms with Gasteiger partial charge in [-0.1, -0.05) is 26.0 Å². The summed E-state index contributed by atoms with van der Waals surface area (Å²) in [5.74, 6) is 0.340. The van der Waals surface area contributed by atoms with Crippen LogP contribution in [0, 0.1) is 12.7 Å². The Labute approximate surface area is 179 Å². The Morgan fingerprint density at radius 2 is 1.93 bits per heavy atom. The number of carbonyl (C=O) groups excluding carboxylic acids is 1. The number of benzene rings is 1. The highest BCUT2D eigenvalue weighted by Gasteiger charge is 2.22. The van der Waals surface area contributed by atoms with E-state index >= 15 is 0 Å². The summed E-state index contributed by atoms with van der Waals surface area (Å²) in [4.78, 5) is 19.3. The van der Waals surface area contributed by atoms with E-state index in [-0.39, 0.29) is 11.7 Å². The number of likely N-dealkylation sites (tertiary alicyclic amines) is 1. The topological polar surface area (TPSA) is 54.5 Å². The highest BCUT2D eigenvalue weighted by Crippen LogP contribution is 2.28. The van der Waals surface area contributed by atoms with Crippen LogP contribution in [0.4, 0.5) is 15.9 Å². The van der Waals surface area contributed by atoms with Crippen molar-refractivity contribution in [1.29, 1.82) is 0 Å². The molecule has 162 valence electrons. The Morgan fingerprint density at radius 3 is 2.53 bits per heavy atom. The molecule has 5 nitrogen and oxygen atoms in total. The molecule has 6 heteroatoms. The number of hydrogen-bond donors (Lipinski definition) is 1. The summed E-state index contributed by atoms with van der Waals surface area (Å²) in [6.07, 6.45) is 8.69. The molecule has 3 rings (SSSR count). The minimum Gasteiger partial charge on any atom is -0.494 e. The number of nitrogens with zero attached hydrogens (tertiary/aromatic N) is 2. The van der Waals surface area contributed by atoms with Gasteiger partial charge in [-0.3, -0.25) is 4.79 Å². The van der Waals surface area contributed by atoms with E-state index < -0.39 is 5.82 Å². The van der Waals surface area contributed by atoms with Crippen molar-refractivity contribution in [3.05, 3.63) is 53.0 Å². The maximum Gasteiger partial charge on any atom is 0.255 e. The van der Waals surface area contributed by atoms with E-state index in [2.05, 4.69) is 10.3 Å². The first-order chi connectivity index (χ1) is 14.5. The molecule has 1 saturated heterocycles. The van der Waals surface area contributed by atoms with Crippen LogP contribution in [0.5, 0.6) is 5.75 Å². The maximum absolute atomic E-state index is 14.0. The largest absolute Gasteiger partial charge is 0.494 e. The molecule has 0 radical (unpaired) electrons. The number of ether oxygens (including phenoxy) is 1. The number of rotatable bonds is 5. The smallest absolute Gasteiger partial charge is 0.255 e. The molecule has 1 aromatic carbocycles. The minimum atomic E-state index is -0.450. The first-order valence-electron chi connectivity index (χ1n) is 10.6. The molecule has 0 saturated carbocycles. The molecule has 1 aliphatic rings. The molecule has 1 aliphatic heterocycles. The number of aromatic nitrogens is 1. The van der Waals surface area contributed by atoms with Gasteiger partial charge in [-0.15, -0.1) is 0 Å². The number of nitrogens with one attached hydrogen (secondary N) is 1. The van der Waals surface area contributed by atoms with E-state index in [1.807, 2.05) is 44.7 Å². The van der Waals surface area contributed by atoms with Crippen molar-refractivity contribution in [2.45, 2.75) is 47.0 Å². The summed E-state index contributed by atoms with van der Waals surface area (Å²) in [7, 11) is 1.43. The van der Waals surface area contributed by atoms with Crippen LogP contribution in [-0.4, -0.2) is 36.0 Å². The Morgan fingerprint density at radius 1 is 1.23 bits per heavy atom. The minimum absolute atomic E-state index is 0.0255. The van der Waals surface area contributed by atoms with Crippen LogP contribution >= 0.6 is 0 Å². The maximum atomic E-state index is 14.0. The van der Waals surface area contributed by atoms with E-state index in [1.54, 1.807) is 18.3 Å². The Kier molecular flexibility index (Phi) is 8.84. The molecule has 0 atom stereocenters. The molecule has 1 N–H and O–H groups in total. The van der Waals surface area contributed by atoms with Crippen molar-refractivity contribution in [1.82, 2.24) is 9.88 Å². The predicted molar refractivity (Wildman–Crippen MR) is 121 cm³/mol. The van der Waals surface area contributed by atoms with Crippen LogP contribution in [0.3, 0.4) is 0 Å². The quantitative estimate of drug-likeness (QED) is 0.656. The zero-order valence-electron chi connectivity index (χ0n) is 18.6. The fourth-order valence-electron chi connectivity index (χ4n) is 3.45. The first-order valence-corrected chi connectivity index (χ1v) is 10.6. The molecule has 2 heterocycles. The molecule has 1 aromatic heterocycles. The number of anilines is 2. The first kappa shape index (κ1) is 23.4. The van der Waals surface area contributed by atoms with Crippen molar-refractivity contribution in [3.8, 4) is 5.75 Å². The molecule has 0 bridgehead atoms.